The topological polar surface area (TPSA) is 51.8 Å². The Balaban J connectivity index is 2.13. The predicted octanol–water partition coefficient (Wildman–Crippen LogP) is 1.98. The van der Waals surface area contributed by atoms with Crippen LogP contribution in [0.4, 0.5) is 0 Å². The minimum absolute atomic E-state index is 0.494. The average Bonchev–Trinajstić information content (AvgIpc) is 2.30. The second kappa shape index (κ2) is 4.51. The highest BCUT2D eigenvalue weighted by Crippen LogP contribution is 2.30. The molecule has 0 atom stereocenters. The van der Waals surface area contributed by atoms with Gasteiger partial charge >= 0.3 is 0 Å². The summed E-state index contributed by atoms with van der Waals surface area (Å²) in [7, 11) is 0. The molecule has 3 nitrogen and oxygen atoms in total. The zero-order chi connectivity index (χ0) is 9.80. The fourth-order valence-electron chi connectivity index (χ4n) is 2.12. The zero-order valence-corrected chi connectivity index (χ0v) is 8.45. The van der Waals surface area contributed by atoms with Crippen molar-refractivity contribution >= 4 is 0 Å². The van der Waals surface area contributed by atoms with Crippen LogP contribution in [0.3, 0.4) is 0 Å². The zero-order valence-electron chi connectivity index (χ0n) is 8.45. The number of nitrogens with zero attached hydrogens (tertiary/aromatic N) is 2. The highest BCUT2D eigenvalue weighted by atomic mass is 14.8. The molecule has 1 aliphatic rings. The van der Waals surface area contributed by atoms with Gasteiger partial charge in [0, 0.05) is 24.9 Å². The fourth-order valence-corrected chi connectivity index (χ4v) is 2.12. The predicted molar refractivity (Wildman–Crippen MR) is 55.7 cm³/mol. The van der Waals surface area contributed by atoms with Crippen molar-refractivity contribution in [3.05, 3.63) is 23.8 Å². The first kappa shape index (κ1) is 9.59. The maximum Gasteiger partial charge on any atom is 0.0725 e. The summed E-state index contributed by atoms with van der Waals surface area (Å²) in [5, 5.41) is 0. The molecule has 0 unspecified atom stereocenters. The maximum atomic E-state index is 5.55. The largest absolute Gasteiger partial charge is 0.325 e. The molecule has 2 N–H and O–H groups in total. The van der Waals surface area contributed by atoms with Crippen molar-refractivity contribution in [1.82, 2.24) is 9.97 Å². The number of aromatic nitrogens is 2. The maximum absolute atomic E-state index is 5.55. The van der Waals surface area contributed by atoms with Crippen LogP contribution in [0.15, 0.2) is 12.4 Å². The number of hydrogen-bond acceptors (Lipinski definition) is 3. The summed E-state index contributed by atoms with van der Waals surface area (Å²) in [4.78, 5) is 8.72. The Labute approximate surface area is 84.8 Å². The molecule has 1 aromatic rings. The van der Waals surface area contributed by atoms with E-state index < -0.39 is 0 Å². The molecule has 0 radical (unpaired) electrons. The summed E-state index contributed by atoms with van der Waals surface area (Å²) in [6, 6.07) is 0. The van der Waals surface area contributed by atoms with Gasteiger partial charge in [0.05, 0.1) is 11.4 Å². The molecule has 3 heteroatoms. The van der Waals surface area contributed by atoms with Gasteiger partial charge in [-0.2, -0.15) is 0 Å². The minimum Gasteiger partial charge on any atom is -0.325 e. The van der Waals surface area contributed by atoms with Gasteiger partial charge in [0.1, 0.15) is 0 Å². The lowest BCUT2D eigenvalue weighted by Gasteiger charge is -2.20. The molecule has 0 aromatic carbocycles. The number of rotatable bonds is 2. The monoisotopic (exact) mass is 191 g/mol. The van der Waals surface area contributed by atoms with Crippen LogP contribution in [-0.4, -0.2) is 9.97 Å². The number of hydrogen-bond donors (Lipinski definition) is 1. The van der Waals surface area contributed by atoms with Crippen LogP contribution in [-0.2, 0) is 6.54 Å². The van der Waals surface area contributed by atoms with Crippen molar-refractivity contribution in [3.8, 4) is 0 Å². The first-order chi connectivity index (χ1) is 6.90. The van der Waals surface area contributed by atoms with E-state index in [0.717, 1.165) is 11.4 Å². The molecule has 1 aliphatic carbocycles. The highest BCUT2D eigenvalue weighted by Gasteiger charge is 2.16. The smallest absolute Gasteiger partial charge is 0.0725 e. The van der Waals surface area contributed by atoms with Crippen LogP contribution in [0.25, 0.3) is 0 Å². The van der Waals surface area contributed by atoms with Crippen LogP contribution in [0.2, 0.25) is 0 Å². The minimum atomic E-state index is 0.494. The van der Waals surface area contributed by atoms with Gasteiger partial charge < -0.3 is 5.73 Å². The average molecular weight is 191 g/mol. The van der Waals surface area contributed by atoms with Crippen LogP contribution >= 0.6 is 0 Å². The van der Waals surface area contributed by atoms with Crippen molar-refractivity contribution in [2.45, 2.75) is 44.6 Å². The van der Waals surface area contributed by atoms with E-state index in [9.17, 15) is 0 Å². The Hall–Kier alpha value is -0.960. The third kappa shape index (κ3) is 2.10. The van der Waals surface area contributed by atoms with Gasteiger partial charge in [0.25, 0.3) is 0 Å². The second-order valence-electron chi connectivity index (χ2n) is 3.97. The quantitative estimate of drug-likeness (QED) is 0.777. The standard InChI is InChI=1S/C11H17N3/c12-6-10-7-13-8-11(14-10)9-4-2-1-3-5-9/h7-9H,1-6,12H2. The Morgan fingerprint density at radius 1 is 1.21 bits per heavy atom. The summed E-state index contributed by atoms with van der Waals surface area (Å²) < 4.78 is 0. The molecular formula is C11H17N3. The molecule has 0 saturated heterocycles. The Kier molecular flexibility index (Phi) is 3.09. The van der Waals surface area contributed by atoms with E-state index in [2.05, 4.69) is 9.97 Å². The third-order valence-corrected chi connectivity index (χ3v) is 2.94. The van der Waals surface area contributed by atoms with Gasteiger partial charge in [-0.3, -0.25) is 9.97 Å². The van der Waals surface area contributed by atoms with E-state index in [0.29, 0.717) is 12.5 Å². The van der Waals surface area contributed by atoms with E-state index >= 15 is 0 Å². The molecule has 76 valence electrons. The van der Waals surface area contributed by atoms with E-state index in [1.165, 1.54) is 32.1 Å². The Morgan fingerprint density at radius 3 is 2.71 bits per heavy atom. The van der Waals surface area contributed by atoms with Gasteiger partial charge in [-0.1, -0.05) is 19.3 Å². The van der Waals surface area contributed by atoms with Gasteiger partial charge in [-0.15, -0.1) is 0 Å². The molecule has 14 heavy (non-hydrogen) atoms. The summed E-state index contributed by atoms with van der Waals surface area (Å²) in [5.41, 5.74) is 7.60. The van der Waals surface area contributed by atoms with Crippen LogP contribution in [0, 0.1) is 0 Å². The van der Waals surface area contributed by atoms with Crippen molar-refractivity contribution in [1.29, 1.82) is 0 Å². The van der Waals surface area contributed by atoms with E-state index in [-0.39, 0.29) is 0 Å². The molecule has 0 amide bonds. The SMILES string of the molecule is NCc1cncc(C2CCCCC2)n1. The van der Waals surface area contributed by atoms with Crippen LogP contribution < -0.4 is 5.73 Å². The fraction of sp³-hybridized carbons (Fsp3) is 0.636. The van der Waals surface area contributed by atoms with Crippen LogP contribution in [0.5, 0.6) is 0 Å². The molecule has 0 aliphatic heterocycles. The van der Waals surface area contributed by atoms with Crippen LogP contribution in [0.1, 0.15) is 49.4 Å². The van der Waals surface area contributed by atoms with Gasteiger partial charge in [-0.25, -0.2) is 0 Å². The highest BCUT2D eigenvalue weighted by molar-refractivity contribution is 5.08. The molecule has 2 rings (SSSR count). The summed E-state index contributed by atoms with van der Waals surface area (Å²) in [6.45, 7) is 0.494. The first-order valence-electron chi connectivity index (χ1n) is 5.41. The second-order valence-corrected chi connectivity index (χ2v) is 3.97. The van der Waals surface area contributed by atoms with Crippen molar-refractivity contribution < 1.29 is 0 Å². The Morgan fingerprint density at radius 2 is 2.00 bits per heavy atom. The van der Waals surface area contributed by atoms with Crippen molar-refractivity contribution in [2.24, 2.45) is 5.73 Å². The van der Waals surface area contributed by atoms with Gasteiger partial charge in [-0.05, 0) is 12.8 Å². The number of nitrogens with two attached hydrogens (primary N) is 1. The van der Waals surface area contributed by atoms with Crippen molar-refractivity contribution in [2.75, 3.05) is 0 Å². The first-order valence-corrected chi connectivity index (χ1v) is 5.41. The molecule has 1 aromatic heterocycles. The van der Waals surface area contributed by atoms with E-state index in [4.69, 9.17) is 5.73 Å². The molecule has 0 spiro atoms. The lowest BCUT2D eigenvalue weighted by atomic mass is 9.87. The summed E-state index contributed by atoms with van der Waals surface area (Å²) in [6.07, 6.45) is 10.2. The lowest BCUT2D eigenvalue weighted by molar-refractivity contribution is 0.435. The van der Waals surface area contributed by atoms with Gasteiger partial charge in [0.15, 0.2) is 0 Å². The normalized spacial score (nSPS) is 18.4. The molecule has 1 heterocycles. The van der Waals surface area contributed by atoms with E-state index in [1.807, 2.05) is 6.20 Å². The lowest BCUT2D eigenvalue weighted by Crippen LogP contribution is -2.09. The van der Waals surface area contributed by atoms with Gasteiger partial charge in [0.2, 0.25) is 0 Å². The summed E-state index contributed by atoms with van der Waals surface area (Å²) >= 11 is 0. The molecule has 1 saturated carbocycles. The Bertz CT molecular complexity index is 292. The molecule has 0 bridgehead atoms. The van der Waals surface area contributed by atoms with E-state index in [1.54, 1.807) is 6.20 Å². The van der Waals surface area contributed by atoms with Crippen molar-refractivity contribution in [3.63, 3.8) is 0 Å². The molecule has 1 fully saturated rings. The summed E-state index contributed by atoms with van der Waals surface area (Å²) in [5.74, 6) is 0.628. The third-order valence-electron chi connectivity index (χ3n) is 2.94. The molecular weight excluding hydrogens is 174 g/mol.